The van der Waals surface area contributed by atoms with Crippen molar-refractivity contribution in [1.29, 1.82) is 0 Å². The molecule has 0 aliphatic heterocycles. The van der Waals surface area contributed by atoms with E-state index < -0.39 is 12.6 Å². The van der Waals surface area contributed by atoms with Crippen LogP contribution in [0, 0.1) is 0 Å². The molecule has 0 atom stereocenters. The van der Waals surface area contributed by atoms with Crippen molar-refractivity contribution < 1.29 is 13.2 Å². The number of rotatable bonds is 6. The van der Waals surface area contributed by atoms with Crippen LogP contribution in [0.25, 0.3) is 0 Å². The van der Waals surface area contributed by atoms with Crippen molar-refractivity contribution in [3.8, 4) is 0 Å². The summed E-state index contributed by atoms with van der Waals surface area (Å²) in [6, 6.07) is 5.36. The molecule has 0 aliphatic carbocycles. The summed E-state index contributed by atoms with van der Waals surface area (Å²) >= 11 is 6.10. The third-order valence-electron chi connectivity index (χ3n) is 2.75. The highest BCUT2D eigenvalue weighted by Gasteiger charge is 2.27. The van der Waals surface area contributed by atoms with E-state index in [1.54, 1.807) is 24.1 Å². The molecular formula is C13H18ClF3N2. The van der Waals surface area contributed by atoms with E-state index in [9.17, 15) is 13.2 Å². The first-order chi connectivity index (χ1) is 8.85. The maximum atomic E-state index is 12.3. The van der Waals surface area contributed by atoms with Crippen LogP contribution >= 0.6 is 11.6 Å². The number of hydrogen-bond acceptors (Lipinski definition) is 2. The van der Waals surface area contributed by atoms with Crippen molar-refractivity contribution in [2.24, 2.45) is 0 Å². The van der Waals surface area contributed by atoms with Crippen molar-refractivity contribution in [1.82, 2.24) is 5.32 Å². The van der Waals surface area contributed by atoms with E-state index in [0.717, 1.165) is 12.1 Å². The van der Waals surface area contributed by atoms with Gasteiger partial charge < -0.3 is 10.2 Å². The lowest BCUT2D eigenvalue weighted by Gasteiger charge is -2.24. The Morgan fingerprint density at radius 3 is 2.58 bits per heavy atom. The second-order valence-corrected chi connectivity index (χ2v) is 4.72. The van der Waals surface area contributed by atoms with Crippen LogP contribution in [0.3, 0.4) is 0 Å². The molecule has 0 saturated heterocycles. The fourth-order valence-electron chi connectivity index (χ4n) is 1.80. The molecule has 0 heterocycles. The quantitative estimate of drug-likeness (QED) is 0.857. The molecule has 0 spiro atoms. The smallest absolute Gasteiger partial charge is 0.373 e. The molecule has 0 saturated carbocycles. The molecule has 1 rings (SSSR count). The van der Waals surface area contributed by atoms with Crippen LogP contribution < -0.4 is 10.2 Å². The number of halogens is 4. The predicted octanol–water partition coefficient (Wildman–Crippen LogP) is 3.84. The van der Waals surface area contributed by atoms with Crippen molar-refractivity contribution >= 4 is 17.3 Å². The van der Waals surface area contributed by atoms with Gasteiger partial charge in [-0.25, -0.2) is 0 Å². The zero-order valence-electron chi connectivity index (χ0n) is 11.0. The Balaban J connectivity index is 2.84. The molecule has 108 valence electrons. The molecule has 2 nitrogen and oxygen atoms in total. The van der Waals surface area contributed by atoms with Crippen LogP contribution in [0.2, 0.25) is 5.02 Å². The highest BCUT2D eigenvalue weighted by molar-refractivity contribution is 6.33. The molecule has 6 heteroatoms. The molecule has 0 radical (unpaired) electrons. The zero-order chi connectivity index (χ0) is 14.5. The number of nitrogens with one attached hydrogen (secondary N) is 1. The average molecular weight is 295 g/mol. The molecule has 0 bridgehead atoms. The largest absolute Gasteiger partial charge is 0.390 e. The lowest BCUT2D eigenvalue weighted by atomic mass is 10.1. The minimum atomic E-state index is -4.16. The van der Waals surface area contributed by atoms with Gasteiger partial charge in [0.1, 0.15) is 0 Å². The van der Waals surface area contributed by atoms with Gasteiger partial charge in [0, 0.05) is 20.1 Å². The third kappa shape index (κ3) is 5.28. The van der Waals surface area contributed by atoms with Gasteiger partial charge in [-0.05, 0) is 18.2 Å². The summed E-state index contributed by atoms with van der Waals surface area (Å²) in [5.74, 6) is 0. The fraction of sp³-hybridized carbons (Fsp3) is 0.538. The number of anilines is 1. The molecule has 0 aliphatic rings. The van der Waals surface area contributed by atoms with E-state index in [4.69, 9.17) is 11.6 Å². The van der Waals surface area contributed by atoms with Crippen molar-refractivity contribution in [3.05, 3.63) is 28.8 Å². The molecule has 1 aromatic carbocycles. The van der Waals surface area contributed by atoms with E-state index >= 15 is 0 Å². The summed E-state index contributed by atoms with van der Waals surface area (Å²) in [7, 11) is 1.63. The zero-order valence-corrected chi connectivity index (χ0v) is 11.8. The number of alkyl halides is 3. The Kier molecular flexibility index (Phi) is 5.94. The molecule has 1 N–H and O–H groups in total. The second-order valence-electron chi connectivity index (χ2n) is 4.31. The van der Waals surface area contributed by atoms with Gasteiger partial charge in [0.25, 0.3) is 0 Å². The predicted molar refractivity (Wildman–Crippen MR) is 72.8 cm³/mol. The Hall–Kier alpha value is -0.940. The molecule has 0 amide bonds. The second kappa shape index (κ2) is 7.01. The Labute approximate surface area is 116 Å². The molecule has 0 fully saturated rings. The first kappa shape index (κ1) is 16.1. The summed E-state index contributed by atoms with van der Waals surface area (Å²) in [4.78, 5) is 1.56. The van der Waals surface area contributed by atoms with Crippen LogP contribution in [-0.4, -0.2) is 26.3 Å². The summed E-state index contributed by atoms with van der Waals surface area (Å²) < 4.78 is 36.8. The van der Waals surface area contributed by atoms with Crippen molar-refractivity contribution in [2.75, 3.05) is 25.0 Å². The standard InChI is InChI=1S/C13H18ClF3N2/c1-3-18-9-10-5-4-6-11(14)12(10)19(2)8-7-13(15,16)17/h4-6,18H,3,7-9H2,1-2H3. The van der Waals surface area contributed by atoms with E-state index in [2.05, 4.69) is 5.32 Å². The maximum Gasteiger partial charge on any atom is 0.390 e. The van der Waals surface area contributed by atoms with E-state index in [0.29, 0.717) is 17.3 Å². The van der Waals surface area contributed by atoms with Gasteiger partial charge in [-0.2, -0.15) is 13.2 Å². The summed E-state index contributed by atoms with van der Waals surface area (Å²) in [6.45, 7) is 3.24. The summed E-state index contributed by atoms with van der Waals surface area (Å²) in [5, 5.41) is 3.62. The lowest BCUT2D eigenvalue weighted by molar-refractivity contribution is -0.132. The van der Waals surface area contributed by atoms with Crippen LogP contribution in [-0.2, 0) is 6.54 Å². The minimum Gasteiger partial charge on any atom is -0.373 e. The van der Waals surface area contributed by atoms with Gasteiger partial charge in [-0.1, -0.05) is 30.7 Å². The van der Waals surface area contributed by atoms with Gasteiger partial charge in [-0.3, -0.25) is 0 Å². The Bertz CT molecular complexity index is 407. The van der Waals surface area contributed by atoms with Gasteiger partial charge in [-0.15, -0.1) is 0 Å². The van der Waals surface area contributed by atoms with Gasteiger partial charge in [0.05, 0.1) is 17.1 Å². The first-order valence-electron chi connectivity index (χ1n) is 6.11. The highest BCUT2D eigenvalue weighted by atomic mass is 35.5. The fourth-order valence-corrected chi connectivity index (χ4v) is 2.13. The maximum absolute atomic E-state index is 12.3. The van der Waals surface area contributed by atoms with Gasteiger partial charge >= 0.3 is 6.18 Å². The number of para-hydroxylation sites is 1. The van der Waals surface area contributed by atoms with Crippen LogP contribution in [0.4, 0.5) is 18.9 Å². The topological polar surface area (TPSA) is 15.3 Å². The summed E-state index contributed by atoms with van der Waals surface area (Å²) in [6.07, 6.45) is -5.01. The summed E-state index contributed by atoms with van der Waals surface area (Å²) in [5.41, 5.74) is 1.56. The number of nitrogens with zero attached hydrogens (tertiary/aromatic N) is 1. The average Bonchev–Trinajstić information content (AvgIpc) is 2.32. The molecule has 1 aromatic rings. The minimum absolute atomic E-state index is 0.105. The highest BCUT2D eigenvalue weighted by Crippen LogP contribution is 2.30. The molecular weight excluding hydrogens is 277 g/mol. The first-order valence-corrected chi connectivity index (χ1v) is 6.49. The van der Waals surface area contributed by atoms with Gasteiger partial charge in [0.2, 0.25) is 0 Å². The van der Waals surface area contributed by atoms with Crippen molar-refractivity contribution in [3.63, 3.8) is 0 Å². The third-order valence-corrected chi connectivity index (χ3v) is 3.05. The van der Waals surface area contributed by atoms with Crippen LogP contribution in [0.1, 0.15) is 18.9 Å². The Morgan fingerprint density at radius 1 is 1.32 bits per heavy atom. The number of hydrogen-bond donors (Lipinski definition) is 1. The van der Waals surface area contributed by atoms with Crippen LogP contribution in [0.5, 0.6) is 0 Å². The van der Waals surface area contributed by atoms with Crippen LogP contribution in [0.15, 0.2) is 18.2 Å². The van der Waals surface area contributed by atoms with Gasteiger partial charge in [0.15, 0.2) is 0 Å². The molecule has 0 unspecified atom stereocenters. The van der Waals surface area contributed by atoms with E-state index in [1.807, 2.05) is 13.0 Å². The SMILES string of the molecule is CCNCc1cccc(Cl)c1N(C)CCC(F)(F)F. The van der Waals surface area contributed by atoms with E-state index in [-0.39, 0.29) is 6.54 Å². The number of benzene rings is 1. The molecule has 0 aromatic heterocycles. The monoisotopic (exact) mass is 294 g/mol. The molecule has 19 heavy (non-hydrogen) atoms. The lowest BCUT2D eigenvalue weighted by Crippen LogP contribution is -2.26. The Morgan fingerprint density at radius 2 is 2.00 bits per heavy atom. The normalized spacial score (nSPS) is 11.7. The van der Waals surface area contributed by atoms with Crippen molar-refractivity contribution in [2.45, 2.75) is 26.1 Å². The van der Waals surface area contributed by atoms with E-state index in [1.165, 1.54) is 0 Å².